The summed E-state index contributed by atoms with van der Waals surface area (Å²) in [6, 6.07) is 3.78. The Balaban J connectivity index is 2.37. The lowest BCUT2D eigenvalue weighted by molar-refractivity contribution is -0.137. The second-order valence-electron chi connectivity index (χ2n) is 6.31. The second-order valence-corrected chi connectivity index (χ2v) is 6.31. The highest BCUT2D eigenvalue weighted by Gasteiger charge is 2.36. The van der Waals surface area contributed by atoms with Crippen LogP contribution in [0.4, 0.5) is 13.2 Å². The highest BCUT2D eigenvalue weighted by Crippen LogP contribution is 2.31. The largest absolute Gasteiger partial charge is 0.427 e. The molecule has 0 aliphatic heterocycles. The van der Waals surface area contributed by atoms with Gasteiger partial charge in [-0.25, -0.2) is 0 Å². The van der Waals surface area contributed by atoms with Crippen molar-refractivity contribution in [2.45, 2.75) is 45.1 Å². The number of aromatic amines is 1. The quantitative estimate of drug-likeness (QED) is 0.853. The Kier molecular flexibility index (Phi) is 4.08. The average molecular weight is 312 g/mol. The molecule has 3 nitrogen and oxygen atoms in total. The van der Waals surface area contributed by atoms with Crippen LogP contribution in [0.1, 0.15) is 33.3 Å². The van der Waals surface area contributed by atoms with Crippen molar-refractivity contribution < 1.29 is 22.9 Å². The van der Waals surface area contributed by atoms with Gasteiger partial charge in [-0.1, -0.05) is 6.07 Å². The van der Waals surface area contributed by atoms with Gasteiger partial charge in [-0.05, 0) is 50.7 Å². The molecule has 0 saturated heterocycles. The summed E-state index contributed by atoms with van der Waals surface area (Å²) in [7, 11) is 1.27. The summed E-state index contributed by atoms with van der Waals surface area (Å²) in [4.78, 5) is 2.77. The standard InChI is InChI=1S/C15H18BF3NO2/c1-13(2,21)14(3,4)22-16-11-7-9(15(17,18)19)8-12-10(11)5-6-20-12/h5-8,20-21H,1-4H3. The Labute approximate surface area is 127 Å². The molecule has 2 rings (SSSR count). The van der Waals surface area contributed by atoms with Gasteiger partial charge in [0.25, 0.3) is 0 Å². The van der Waals surface area contributed by atoms with E-state index in [2.05, 4.69) is 4.98 Å². The van der Waals surface area contributed by atoms with Gasteiger partial charge in [0.15, 0.2) is 0 Å². The van der Waals surface area contributed by atoms with Gasteiger partial charge >= 0.3 is 13.7 Å². The van der Waals surface area contributed by atoms with Gasteiger partial charge < -0.3 is 14.7 Å². The monoisotopic (exact) mass is 312 g/mol. The molecule has 0 aliphatic carbocycles. The summed E-state index contributed by atoms with van der Waals surface area (Å²) in [5.74, 6) is 0. The average Bonchev–Trinajstić information content (AvgIpc) is 2.81. The van der Waals surface area contributed by atoms with Crippen molar-refractivity contribution in [1.82, 2.24) is 4.98 Å². The van der Waals surface area contributed by atoms with Gasteiger partial charge in [0, 0.05) is 11.7 Å². The zero-order chi connectivity index (χ0) is 16.8. The molecule has 0 unspecified atom stereocenters. The van der Waals surface area contributed by atoms with Gasteiger partial charge in [-0.3, -0.25) is 0 Å². The van der Waals surface area contributed by atoms with E-state index in [1.165, 1.54) is 7.48 Å². The number of rotatable bonds is 4. The van der Waals surface area contributed by atoms with Crippen molar-refractivity contribution in [1.29, 1.82) is 0 Å². The number of fused-ring (bicyclic) bond motifs is 1. The number of nitrogens with one attached hydrogen (secondary N) is 1. The van der Waals surface area contributed by atoms with Crippen molar-refractivity contribution >= 4 is 23.8 Å². The molecule has 7 heteroatoms. The number of benzene rings is 1. The summed E-state index contributed by atoms with van der Waals surface area (Å²) in [5, 5.41) is 10.7. The molecule has 2 N–H and O–H groups in total. The van der Waals surface area contributed by atoms with E-state index >= 15 is 0 Å². The van der Waals surface area contributed by atoms with E-state index in [9.17, 15) is 18.3 Å². The number of halogens is 3. The molecule has 0 bridgehead atoms. The normalized spacial score (nSPS) is 13.6. The van der Waals surface area contributed by atoms with Crippen molar-refractivity contribution in [2.24, 2.45) is 0 Å². The molecular weight excluding hydrogens is 294 g/mol. The third kappa shape index (κ3) is 3.30. The fourth-order valence-corrected chi connectivity index (χ4v) is 1.81. The summed E-state index contributed by atoms with van der Waals surface area (Å²) in [6.45, 7) is 6.51. The Morgan fingerprint density at radius 2 is 1.77 bits per heavy atom. The smallest absolute Gasteiger partial charge is 0.416 e. The molecule has 1 aromatic carbocycles. The third-order valence-corrected chi connectivity index (χ3v) is 3.98. The Bertz CT molecular complexity index is 671. The predicted molar refractivity (Wildman–Crippen MR) is 80.2 cm³/mol. The number of aliphatic hydroxyl groups is 1. The van der Waals surface area contributed by atoms with E-state index in [0.717, 1.165) is 12.1 Å². The van der Waals surface area contributed by atoms with E-state index in [4.69, 9.17) is 4.65 Å². The molecule has 1 aromatic heterocycles. The number of H-pyrrole nitrogens is 1. The van der Waals surface area contributed by atoms with Crippen LogP contribution >= 0.6 is 0 Å². The molecule has 0 atom stereocenters. The highest BCUT2D eigenvalue weighted by atomic mass is 19.4. The first-order chi connectivity index (χ1) is 9.92. The fourth-order valence-electron chi connectivity index (χ4n) is 1.81. The van der Waals surface area contributed by atoms with E-state index in [-0.39, 0.29) is 0 Å². The number of aromatic nitrogens is 1. The first-order valence-electron chi connectivity index (χ1n) is 6.83. The summed E-state index contributed by atoms with van der Waals surface area (Å²) < 4.78 is 44.4. The topological polar surface area (TPSA) is 45.2 Å². The molecule has 1 heterocycles. The van der Waals surface area contributed by atoms with Crippen LogP contribution in [0.25, 0.3) is 10.9 Å². The van der Waals surface area contributed by atoms with Crippen molar-refractivity contribution in [2.75, 3.05) is 0 Å². The molecule has 2 aromatic rings. The van der Waals surface area contributed by atoms with E-state index in [0.29, 0.717) is 16.4 Å². The number of hydrogen-bond acceptors (Lipinski definition) is 2. The second kappa shape index (κ2) is 5.31. The van der Waals surface area contributed by atoms with Crippen LogP contribution in [0.5, 0.6) is 0 Å². The van der Waals surface area contributed by atoms with Crippen LogP contribution in [-0.2, 0) is 10.8 Å². The first-order valence-corrected chi connectivity index (χ1v) is 6.83. The zero-order valence-electron chi connectivity index (χ0n) is 12.9. The van der Waals surface area contributed by atoms with Gasteiger partial charge in [-0.2, -0.15) is 13.2 Å². The maximum absolute atomic E-state index is 13.0. The molecule has 0 spiro atoms. The van der Waals surface area contributed by atoms with Crippen LogP contribution < -0.4 is 5.46 Å². The Hall–Kier alpha value is -1.47. The van der Waals surface area contributed by atoms with Gasteiger partial charge in [0.1, 0.15) is 0 Å². The third-order valence-electron chi connectivity index (χ3n) is 3.98. The van der Waals surface area contributed by atoms with Crippen LogP contribution in [0.15, 0.2) is 24.4 Å². The first kappa shape index (κ1) is 16.9. The molecule has 0 aliphatic rings. The van der Waals surface area contributed by atoms with E-state index in [1.54, 1.807) is 40.0 Å². The van der Waals surface area contributed by atoms with Crippen LogP contribution in [0.3, 0.4) is 0 Å². The Morgan fingerprint density at radius 3 is 2.32 bits per heavy atom. The van der Waals surface area contributed by atoms with Crippen LogP contribution in [0, 0.1) is 0 Å². The number of hydrogen-bond donors (Lipinski definition) is 2. The minimum atomic E-state index is -4.44. The van der Waals surface area contributed by atoms with Crippen LogP contribution in [-0.4, -0.2) is 28.8 Å². The van der Waals surface area contributed by atoms with Crippen molar-refractivity contribution in [3.63, 3.8) is 0 Å². The molecule has 0 saturated carbocycles. The highest BCUT2D eigenvalue weighted by molar-refractivity contribution is 6.51. The minimum absolute atomic E-state index is 0.309. The zero-order valence-corrected chi connectivity index (χ0v) is 12.9. The maximum atomic E-state index is 13.0. The Morgan fingerprint density at radius 1 is 1.14 bits per heavy atom. The molecule has 22 heavy (non-hydrogen) atoms. The van der Waals surface area contributed by atoms with Crippen molar-refractivity contribution in [3.8, 4) is 0 Å². The van der Waals surface area contributed by atoms with Crippen LogP contribution in [0.2, 0.25) is 0 Å². The van der Waals surface area contributed by atoms with Crippen molar-refractivity contribution in [3.05, 3.63) is 30.0 Å². The number of alkyl halides is 3. The predicted octanol–water partition coefficient (Wildman–Crippen LogP) is 3.00. The SMILES string of the molecule is CC(C)(O)C(C)(C)O[B]c1cc(C(F)(F)F)cc2[nH]ccc12. The lowest BCUT2D eigenvalue weighted by Gasteiger charge is -2.37. The molecule has 0 fully saturated rings. The van der Waals surface area contributed by atoms with E-state index < -0.39 is 22.9 Å². The molecule has 1 radical (unpaired) electrons. The molecule has 119 valence electrons. The van der Waals surface area contributed by atoms with Gasteiger partial charge in [-0.15, -0.1) is 0 Å². The van der Waals surface area contributed by atoms with E-state index in [1.807, 2.05) is 0 Å². The summed E-state index contributed by atoms with van der Waals surface area (Å²) in [5.41, 5.74) is -2.17. The minimum Gasteiger partial charge on any atom is -0.427 e. The molecular formula is C15H18BF3NO2. The lowest BCUT2D eigenvalue weighted by Crippen LogP contribution is -2.49. The maximum Gasteiger partial charge on any atom is 0.416 e. The summed E-state index contributed by atoms with van der Waals surface area (Å²) >= 11 is 0. The van der Waals surface area contributed by atoms with Gasteiger partial charge in [0.2, 0.25) is 0 Å². The van der Waals surface area contributed by atoms with Gasteiger partial charge in [0.05, 0.1) is 16.8 Å². The fraction of sp³-hybridized carbons (Fsp3) is 0.467. The lowest BCUT2D eigenvalue weighted by atomic mass is 9.80. The summed E-state index contributed by atoms with van der Waals surface area (Å²) in [6.07, 6.45) is -2.86. The molecule has 0 amide bonds.